The number of aromatic nitrogens is 2. The average Bonchev–Trinajstić information content (AvgIpc) is 3.53. The van der Waals surface area contributed by atoms with Crippen LogP contribution in [0.5, 0.6) is 0 Å². The van der Waals surface area contributed by atoms with Crippen LogP contribution < -0.4 is 16.4 Å². The molecule has 0 radical (unpaired) electrons. The number of carbonyl (C=O) groups excluding carboxylic acids is 2. The topological polar surface area (TPSA) is 114 Å². The highest BCUT2D eigenvalue weighted by Gasteiger charge is 2.42. The summed E-state index contributed by atoms with van der Waals surface area (Å²) >= 11 is 6.54. The van der Waals surface area contributed by atoms with Gasteiger partial charge in [-0.1, -0.05) is 23.7 Å². The first-order valence-electron chi connectivity index (χ1n) is 11.2. The molecule has 2 amide bonds. The number of hydrogen-bond donors (Lipinski definition) is 2. The summed E-state index contributed by atoms with van der Waals surface area (Å²) in [6.07, 6.45) is 7.99. The maximum absolute atomic E-state index is 12.9. The highest BCUT2D eigenvalue weighted by atomic mass is 35.5. The zero-order valence-electron chi connectivity index (χ0n) is 19.4. The van der Waals surface area contributed by atoms with Crippen molar-refractivity contribution < 1.29 is 9.59 Å². The number of likely N-dealkylation sites (tertiary alicyclic amines) is 2. The molecule has 2 unspecified atom stereocenters. The largest absolute Gasteiger partial charge is 0.405 e. The van der Waals surface area contributed by atoms with Crippen molar-refractivity contribution in [3.8, 4) is 0 Å². The summed E-state index contributed by atoms with van der Waals surface area (Å²) in [4.78, 5) is 30.2. The number of anilines is 1. The molecule has 0 bridgehead atoms. The lowest BCUT2D eigenvalue weighted by atomic mass is 10.0. The molecule has 2 aliphatic rings. The third-order valence-electron chi connectivity index (χ3n) is 6.62. The van der Waals surface area contributed by atoms with E-state index in [1.54, 1.807) is 25.4 Å². The summed E-state index contributed by atoms with van der Waals surface area (Å²) in [6, 6.07) is 5.71. The van der Waals surface area contributed by atoms with E-state index < -0.39 is 0 Å². The number of amides is 2. The van der Waals surface area contributed by atoms with Crippen LogP contribution in [0.15, 0.2) is 48.9 Å². The van der Waals surface area contributed by atoms with E-state index in [-0.39, 0.29) is 11.9 Å². The fourth-order valence-corrected chi connectivity index (χ4v) is 4.89. The normalized spacial score (nSPS) is 20.8. The van der Waals surface area contributed by atoms with E-state index in [2.05, 4.69) is 10.00 Å². The molecule has 9 nitrogen and oxygen atoms in total. The van der Waals surface area contributed by atoms with Crippen molar-refractivity contribution in [2.45, 2.75) is 13.5 Å². The van der Waals surface area contributed by atoms with Crippen molar-refractivity contribution in [2.24, 2.45) is 23.3 Å². The van der Waals surface area contributed by atoms with E-state index in [1.807, 2.05) is 23.1 Å². The van der Waals surface area contributed by atoms with E-state index in [9.17, 15) is 9.59 Å². The minimum atomic E-state index is -0.155. The summed E-state index contributed by atoms with van der Waals surface area (Å²) < 4.78 is 1.32. The first kappa shape index (κ1) is 23.8. The number of nitrogens with two attached hydrogens (primary N) is 2. The van der Waals surface area contributed by atoms with Gasteiger partial charge in [0.1, 0.15) is 0 Å². The average molecular weight is 484 g/mol. The van der Waals surface area contributed by atoms with Gasteiger partial charge in [-0.25, -0.2) is 4.79 Å². The zero-order chi connectivity index (χ0) is 24.4. The molecule has 4 N–H and O–H groups in total. The van der Waals surface area contributed by atoms with Crippen molar-refractivity contribution in [3.05, 3.63) is 65.1 Å². The summed E-state index contributed by atoms with van der Waals surface area (Å²) in [6.45, 7) is 5.44. The number of fused-ring (bicyclic) bond motifs is 1. The van der Waals surface area contributed by atoms with Crippen LogP contribution in [0.2, 0.25) is 5.02 Å². The summed E-state index contributed by atoms with van der Waals surface area (Å²) in [7, 11) is 1.66. The highest BCUT2D eigenvalue weighted by molar-refractivity contribution is 6.31. The van der Waals surface area contributed by atoms with Crippen LogP contribution in [-0.2, 0) is 11.3 Å². The Labute approximate surface area is 204 Å². The van der Waals surface area contributed by atoms with Gasteiger partial charge in [0.25, 0.3) is 0 Å². The molecule has 10 heteroatoms. The molecule has 34 heavy (non-hydrogen) atoms. The van der Waals surface area contributed by atoms with Crippen LogP contribution in [0, 0.1) is 11.8 Å². The summed E-state index contributed by atoms with van der Waals surface area (Å²) in [5.41, 5.74) is 14.5. The predicted octanol–water partition coefficient (Wildman–Crippen LogP) is 2.32. The van der Waals surface area contributed by atoms with E-state index >= 15 is 0 Å². The van der Waals surface area contributed by atoms with Crippen LogP contribution in [-0.4, -0.2) is 64.7 Å². The third kappa shape index (κ3) is 4.95. The van der Waals surface area contributed by atoms with Crippen molar-refractivity contribution in [3.63, 3.8) is 0 Å². The predicted molar refractivity (Wildman–Crippen MR) is 133 cm³/mol. The molecule has 2 aliphatic heterocycles. The molecule has 2 atom stereocenters. The maximum Gasteiger partial charge on any atom is 0.344 e. The Hall–Kier alpha value is -3.30. The number of hydrogen-bond acceptors (Lipinski definition) is 6. The monoisotopic (exact) mass is 483 g/mol. The molecule has 1 aromatic carbocycles. The van der Waals surface area contributed by atoms with Gasteiger partial charge in [0.15, 0.2) is 0 Å². The van der Waals surface area contributed by atoms with Crippen molar-refractivity contribution >= 4 is 34.9 Å². The van der Waals surface area contributed by atoms with Crippen LogP contribution in [0.3, 0.4) is 0 Å². The Morgan fingerprint density at radius 3 is 2.56 bits per heavy atom. The molecular formula is C24H30ClN7O2. The molecule has 0 spiro atoms. The van der Waals surface area contributed by atoms with Crippen LogP contribution in [0.1, 0.15) is 18.1 Å². The Balaban J connectivity index is 1.34. The van der Waals surface area contributed by atoms with Gasteiger partial charge in [0, 0.05) is 57.4 Å². The van der Waals surface area contributed by atoms with E-state index in [0.29, 0.717) is 41.3 Å². The van der Waals surface area contributed by atoms with Crippen molar-refractivity contribution in [1.29, 1.82) is 0 Å². The second-order valence-corrected chi connectivity index (χ2v) is 9.34. The lowest BCUT2D eigenvalue weighted by Crippen LogP contribution is -2.36. The van der Waals surface area contributed by atoms with Crippen molar-refractivity contribution in [2.75, 3.05) is 38.1 Å². The standard InChI is InChI=1S/C24H30ClN7O2/c1-16(33)29(2)21-9-28-32(15-21)24(34)31-13-19-11-30(12-20(19)14-31)10-18-6-5-17(8-22(18)25)23(27)4-3-7-26/h3-9,15,19-20H,10-14,26-27H2,1-2H3/b7-3-,23-4-. The summed E-state index contributed by atoms with van der Waals surface area (Å²) in [5, 5.41) is 4.84. The molecule has 0 saturated carbocycles. The highest BCUT2D eigenvalue weighted by Crippen LogP contribution is 2.33. The van der Waals surface area contributed by atoms with Gasteiger partial charge in [0.2, 0.25) is 5.91 Å². The Kier molecular flexibility index (Phi) is 6.95. The molecule has 180 valence electrons. The number of nitrogens with zero attached hydrogens (tertiary/aromatic N) is 5. The van der Waals surface area contributed by atoms with Crippen LogP contribution >= 0.6 is 11.6 Å². The number of allylic oxidation sites excluding steroid dienone is 2. The van der Waals surface area contributed by atoms with Gasteiger partial charge >= 0.3 is 6.03 Å². The lowest BCUT2D eigenvalue weighted by Gasteiger charge is -2.22. The first-order chi connectivity index (χ1) is 16.3. The second kappa shape index (κ2) is 9.90. The molecule has 3 heterocycles. The molecule has 2 saturated heterocycles. The van der Waals surface area contributed by atoms with E-state index in [0.717, 1.165) is 30.8 Å². The summed E-state index contributed by atoms with van der Waals surface area (Å²) in [5.74, 6) is 0.721. The maximum atomic E-state index is 12.9. The molecule has 1 aromatic heterocycles. The Morgan fingerprint density at radius 2 is 1.94 bits per heavy atom. The Bertz CT molecular complexity index is 1130. The number of benzene rings is 1. The molecule has 4 rings (SSSR count). The fraction of sp³-hybridized carbons (Fsp3) is 0.375. The van der Waals surface area contributed by atoms with Crippen LogP contribution in [0.4, 0.5) is 10.5 Å². The van der Waals surface area contributed by atoms with Crippen LogP contribution in [0.25, 0.3) is 5.70 Å². The van der Waals surface area contributed by atoms with Gasteiger partial charge in [-0.2, -0.15) is 9.78 Å². The molecule has 0 aliphatic carbocycles. The van der Waals surface area contributed by atoms with E-state index in [1.165, 1.54) is 28.9 Å². The quantitative estimate of drug-likeness (QED) is 0.631. The minimum Gasteiger partial charge on any atom is -0.405 e. The number of halogens is 1. The number of carbonyl (C=O) groups is 2. The van der Waals surface area contributed by atoms with Gasteiger partial charge in [0.05, 0.1) is 18.1 Å². The fourth-order valence-electron chi connectivity index (χ4n) is 4.64. The van der Waals surface area contributed by atoms with Gasteiger partial charge in [-0.3, -0.25) is 9.69 Å². The van der Waals surface area contributed by atoms with Gasteiger partial charge in [-0.05, 0) is 47.4 Å². The van der Waals surface area contributed by atoms with Crippen molar-refractivity contribution in [1.82, 2.24) is 19.6 Å². The molecule has 2 fully saturated rings. The number of rotatable bonds is 5. The molecule has 2 aromatic rings. The SMILES string of the molecule is CC(=O)N(C)c1cnn(C(=O)N2CC3CN(Cc4ccc(/C(N)=C/C=C\N)cc4Cl)CC3C2)c1. The minimum absolute atomic E-state index is 0.110. The zero-order valence-corrected chi connectivity index (χ0v) is 20.2. The Morgan fingerprint density at radius 1 is 1.24 bits per heavy atom. The first-order valence-corrected chi connectivity index (χ1v) is 11.6. The molecular weight excluding hydrogens is 454 g/mol. The van der Waals surface area contributed by atoms with Gasteiger partial charge in [-0.15, -0.1) is 0 Å². The van der Waals surface area contributed by atoms with Gasteiger partial charge < -0.3 is 21.3 Å². The third-order valence-corrected chi connectivity index (χ3v) is 6.98. The van der Waals surface area contributed by atoms with E-state index in [4.69, 9.17) is 23.1 Å². The second-order valence-electron chi connectivity index (χ2n) is 8.94. The lowest BCUT2D eigenvalue weighted by molar-refractivity contribution is -0.116. The smallest absolute Gasteiger partial charge is 0.344 e.